The van der Waals surface area contributed by atoms with Crippen molar-refractivity contribution in [1.29, 1.82) is 0 Å². The van der Waals surface area contributed by atoms with Crippen LogP contribution in [0.4, 0.5) is 0 Å². The van der Waals surface area contributed by atoms with E-state index >= 15 is 0 Å². The third-order valence-corrected chi connectivity index (χ3v) is 16.5. The van der Waals surface area contributed by atoms with Crippen molar-refractivity contribution in [2.24, 2.45) is 11.8 Å². The van der Waals surface area contributed by atoms with Gasteiger partial charge in [-0.1, -0.05) is 189 Å². The fraction of sp³-hybridized carbons (Fsp3) is 0.903. The summed E-state index contributed by atoms with van der Waals surface area (Å²) in [5.41, 5.74) is 0. The van der Waals surface area contributed by atoms with Gasteiger partial charge in [-0.3, -0.25) is 19.2 Å². The number of ether oxygens (including phenoxy) is 8. The van der Waals surface area contributed by atoms with Gasteiger partial charge in [0.2, 0.25) is 17.7 Å². The van der Waals surface area contributed by atoms with Gasteiger partial charge in [0.25, 0.3) is 0 Å². The van der Waals surface area contributed by atoms with Gasteiger partial charge >= 0.3 is 11.9 Å². The van der Waals surface area contributed by atoms with Crippen LogP contribution in [0.15, 0.2) is 0 Å². The summed E-state index contributed by atoms with van der Waals surface area (Å²) >= 11 is 0. The Labute approximate surface area is 500 Å². The molecule has 0 radical (unpaired) electrons. The topological polar surface area (TPSA) is 313 Å². The molecule has 0 aliphatic carbocycles. The number of methoxy groups -OCH3 is 1. The van der Waals surface area contributed by atoms with Gasteiger partial charge in [-0.2, -0.15) is 0 Å². The predicted molar refractivity (Wildman–Crippen MR) is 313 cm³/mol. The van der Waals surface area contributed by atoms with Crippen LogP contribution in [-0.4, -0.2) is 179 Å². The Bertz CT molecular complexity index is 1880. The van der Waals surface area contributed by atoms with Crippen molar-refractivity contribution in [1.82, 2.24) is 16.0 Å². The van der Waals surface area contributed by atoms with Crippen LogP contribution >= 0.6 is 0 Å². The molecule has 3 aliphatic heterocycles. The number of hydrogen-bond donors (Lipinski definition) is 8. The molecule has 0 bridgehead atoms. The lowest BCUT2D eigenvalue weighted by Gasteiger charge is -2.50. The maximum Gasteiger partial charge on any atom is 0.335 e. The van der Waals surface area contributed by atoms with Crippen molar-refractivity contribution in [3.63, 3.8) is 0 Å². The van der Waals surface area contributed by atoms with Crippen molar-refractivity contribution in [2.75, 3.05) is 20.3 Å². The number of nitrogens with one attached hydrogen (secondary N) is 3. The zero-order chi connectivity index (χ0) is 62.1. The highest BCUT2D eigenvalue weighted by molar-refractivity contribution is 5.82. The lowest BCUT2D eigenvalue weighted by molar-refractivity contribution is -0.343. The summed E-state index contributed by atoms with van der Waals surface area (Å²) in [4.78, 5) is 80.0. The van der Waals surface area contributed by atoms with Crippen molar-refractivity contribution in [3.05, 3.63) is 0 Å². The van der Waals surface area contributed by atoms with E-state index < -0.39 is 159 Å². The van der Waals surface area contributed by atoms with Gasteiger partial charge in [-0.15, -0.1) is 0 Å². The van der Waals surface area contributed by atoms with Crippen LogP contribution in [0.2, 0.25) is 0 Å². The van der Waals surface area contributed by atoms with Gasteiger partial charge in [0.05, 0.1) is 12.2 Å². The minimum absolute atomic E-state index is 0.134. The van der Waals surface area contributed by atoms with Gasteiger partial charge < -0.3 is 79.4 Å². The molecule has 0 spiro atoms. The highest BCUT2D eigenvalue weighted by Crippen LogP contribution is 2.35. The average Bonchev–Trinajstić information content (AvgIpc) is 3.63. The van der Waals surface area contributed by atoms with E-state index in [1.165, 1.54) is 53.1 Å². The lowest BCUT2D eigenvalue weighted by Crippen LogP contribution is -2.71. The number of aliphatic hydroxyl groups excluding tert-OH is 5. The molecule has 3 fully saturated rings. The molecule has 18 atom stereocenters. The minimum Gasteiger partial charge on any atom is -0.461 e. The highest BCUT2D eigenvalue weighted by atomic mass is 16.7. The molecule has 8 N–H and O–H groups in total. The van der Waals surface area contributed by atoms with E-state index in [1.54, 1.807) is 13.8 Å². The molecule has 3 rings (SSSR count). The number of aliphatic hydroxyl groups is 5. The first-order valence-electron chi connectivity index (χ1n) is 32.1. The van der Waals surface area contributed by atoms with Gasteiger partial charge in [-0.05, 0) is 26.2 Å². The summed E-state index contributed by atoms with van der Waals surface area (Å²) in [6, 6.07) is -4.29. The van der Waals surface area contributed by atoms with E-state index in [1.807, 2.05) is 0 Å². The number of unbranched alkanes of at least 4 members (excludes halogenated alkanes) is 21. The van der Waals surface area contributed by atoms with Crippen molar-refractivity contribution >= 4 is 35.4 Å². The smallest absolute Gasteiger partial charge is 0.335 e. The van der Waals surface area contributed by atoms with Crippen molar-refractivity contribution in [3.8, 4) is 0 Å². The molecule has 3 aliphatic rings. The second kappa shape index (κ2) is 41.7. The lowest BCUT2D eigenvalue weighted by atomic mass is 9.88. The average molecular weight is 1200 g/mol. The van der Waals surface area contributed by atoms with Crippen LogP contribution in [0.25, 0.3) is 0 Å². The fourth-order valence-electron chi connectivity index (χ4n) is 11.2. The van der Waals surface area contributed by atoms with E-state index in [0.29, 0.717) is 19.3 Å². The summed E-state index contributed by atoms with van der Waals surface area (Å²) in [5.74, 6) is -5.79. The Hall–Kier alpha value is -3.42. The molecule has 0 aromatic carbocycles. The van der Waals surface area contributed by atoms with Crippen LogP contribution < -0.4 is 16.0 Å². The first-order valence-corrected chi connectivity index (χ1v) is 32.1. The van der Waals surface area contributed by atoms with E-state index in [2.05, 4.69) is 36.7 Å². The first-order chi connectivity index (χ1) is 40.2. The molecule has 0 aromatic rings. The highest BCUT2D eigenvalue weighted by Gasteiger charge is 2.56. The zero-order valence-corrected chi connectivity index (χ0v) is 52.3. The molecule has 0 aromatic heterocycles. The van der Waals surface area contributed by atoms with Gasteiger partial charge in [0, 0.05) is 32.8 Å². The maximum absolute atomic E-state index is 14.5. The maximum atomic E-state index is 14.5. The largest absolute Gasteiger partial charge is 0.461 e. The number of carbonyl (C=O) groups is 6. The molecule has 22 nitrogen and oxygen atoms in total. The molecule has 3 heterocycles. The number of esters is 2. The molecule has 3 saturated heterocycles. The summed E-state index contributed by atoms with van der Waals surface area (Å²) in [6.45, 7) is 12.3. The molecule has 0 saturated carbocycles. The second-order valence-electron chi connectivity index (χ2n) is 23.9. The summed E-state index contributed by atoms with van der Waals surface area (Å²) in [5, 5.41) is 66.1. The van der Waals surface area contributed by atoms with Gasteiger partial charge in [-0.25, -0.2) is 9.59 Å². The van der Waals surface area contributed by atoms with Crippen LogP contribution in [0, 0.1) is 11.8 Å². The van der Waals surface area contributed by atoms with E-state index in [-0.39, 0.29) is 12.8 Å². The van der Waals surface area contributed by atoms with E-state index in [4.69, 9.17) is 37.9 Å². The quantitative estimate of drug-likeness (QED) is 0.0241. The molecule has 3 amide bonds. The fourth-order valence-corrected chi connectivity index (χ4v) is 11.2. The second-order valence-corrected chi connectivity index (χ2v) is 23.9. The van der Waals surface area contributed by atoms with E-state index in [0.717, 1.165) is 116 Å². The Morgan fingerprint density at radius 2 is 0.869 bits per heavy atom. The summed E-state index contributed by atoms with van der Waals surface area (Å²) in [6.07, 6.45) is 4.63. The van der Waals surface area contributed by atoms with Gasteiger partial charge in [0.15, 0.2) is 36.9 Å². The van der Waals surface area contributed by atoms with Crippen molar-refractivity contribution < 1.29 is 92.2 Å². The third kappa shape index (κ3) is 26.1. The Kier molecular flexibility index (Phi) is 37.1. The number of rotatable bonds is 43. The number of ketones is 1. The van der Waals surface area contributed by atoms with Crippen LogP contribution in [0.3, 0.4) is 0 Å². The van der Waals surface area contributed by atoms with Crippen LogP contribution in [0.5, 0.6) is 0 Å². The number of carbonyl (C=O) groups excluding carboxylic acids is 6. The Morgan fingerprint density at radius 1 is 0.476 bits per heavy atom. The molecular weight excluding hydrogens is 1090 g/mol. The predicted octanol–water partition coefficient (Wildman–Crippen LogP) is 6.42. The standard InChI is InChI=1S/C62H111N3O19/c1-10-13-16-19-22-24-26-28-31-34-39(4)57(74)65-50-56(84-61-48(63-42(7)67)51(71)40(5)46(80-61)37-78-58(75)44(69)35-33-30-27-23-20-17-14-11-2)53(73)54(41(6)66)82-62(50)83-55-47(81-60(77-9)49(52(55)72)64-43(8)68)38-79-59(76)45(70)36-32-29-25-21-18-15-12-3/h39-40,44-56,60-62,69-73H,10-38H2,1-9H3,(H,63,67)(H,64,68)(H,65,74). The minimum atomic E-state index is -1.91. The number of Topliss-reactive ketones (excluding diaryl/α,β-unsaturated/α-hetero) is 1. The Morgan fingerprint density at radius 3 is 1.31 bits per heavy atom. The summed E-state index contributed by atoms with van der Waals surface area (Å²) < 4.78 is 48.8. The molecule has 18 unspecified atom stereocenters. The number of amides is 3. The van der Waals surface area contributed by atoms with E-state index in [9.17, 15) is 54.3 Å². The summed E-state index contributed by atoms with van der Waals surface area (Å²) in [7, 11) is 1.27. The number of hydrogen-bond acceptors (Lipinski definition) is 19. The molecule has 488 valence electrons. The van der Waals surface area contributed by atoms with Crippen molar-refractivity contribution in [2.45, 2.75) is 327 Å². The first kappa shape index (κ1) is 74.8. The molecular formula is C62H111N3O19. The van der Waals surface area contributed by atoms with Gasteiger partial charge in [0.1, 0.15) is 68.0 Å². The Balaban J connectivity index is 2.02. The SMILES string of the molecule is CCCCCCCCCCCC(C)C(=O)NC1C(OC2C(COC(=O)C(O)CCCCCCCCC)OC(OC)C(NC(C)=O)C2O)OC(C(C)=O)C(O)C1OC1OC(COC(=O)C(O)CCCCCCCCCC)C(C)C(O)C1NC(C)=O. The third-order valence-electron chi connectivity index (χ3n) is 16.5. The zero-order valence-electron chi connectivity index (χ0n) is 52.3. The normalized spacial score (nSPS) is 29.0. The molecule has 84 heavy (non-hydrogen) atoms. The van der Waals surface area contributed by atoms with Crippen LogP contribution in [-0.2, 0) is 66.7 Å². The van der Waals surface area contributed by atoms with Crippen LogP contribution in [0.1, 0.15) is 229 Å². The molecule has 22 heteroatoms. The monoisotopic (exact) mass is 1200 g/mol.